The van der Waals surface area contributed by atoms with Crippen molar-refractivity contribution in [2.75, 3.05) is 20.3 Å². The van der Waals surface area contributed by atoms with E-state index in [-0.39, 0.29) is 24.6 Å². The molecule has 0 radical (unpaired) electrons. The molecular formula is C35H46N6O4S. The average molecular weight is 647 g/mol. The zero-order chi connectivity index (χ0) is 33.2. The van der Waals surface area contributed by atoms with Crippen molar-refractivity contribution in [2.24, 2.45) is 16.1 Å². The molecule has 1 aromatic carbocycles. The van der Waals surface area contributed by atoms with Crippen LogP contribution >= 0.6 is 11.3 Å². The molecule has 3 aromatic rings. The Morgan fingerprint density at radius 2 is 2.15 bits per heavy atom. The Kier molecular flexibility index (Phi) is 10.3. The van der Waals surface area contributed by atoms with Crippen LogP contribution in [-0.4, -0.2) is 71.1 Å². The molecule has 1 amide bonds. The van der Waals surface area contributed by atoms with Gasteiger partial charge in [-0.15, -0.1) is 11.3 Å². The van der Waals surface area contributed by atoms with Crippen LogP contribution in [0.1, 0.15) is 63.7 Å². The van der Waals surface area contributed by atoms with Crippen LogP contribution in [-0.2, 0) is 38.4 Å². The van der Waals surface area contributed by atoms with Gasteiger partial charge in [-0.3, -0.25) is 19.6 Å². The number of fused-ring (bicyclic) bond motifs is 6. The predicted octanol–water partition coefficient (Wildman–Crippen LogP) is 5.30. The number of hydrogen-bond acceptors (Lipinski definition) is 9. The number of rotatable bonds is 6. The minimum Gasteiger partial charge on any atom is -0.464 e. The van der Waals surface area contributed by atoms with Gasteiger partial charge in [0.25, 0.3) is 5.91 Å². The molecule has 0 unspecified atom stereocenters. The molecule has 46 heavy (non-hydrogen) atoms. The number of esters is 1. The molecule has 5 rings (SSSR count). The molecule has 1 saturated heterocycles. The number of aromatic nitrogens is 2. The van der Waals surface area contributed by atoms with Gasteiger partial charge < -0.3 is 19.8 Å². The van der Waals surface area contributed by atoms with Gasteiger partial charge in [0.1, 0.15) is 6.04 Å². The zero-order valence-corrected chi connectivity index (χ0v) is 28.6. The van der Waals surface area contributed by atoms with E-state index in [0.717, 1.165) is 56.2 Å². The number of allylic oxidation sites excluding steroid dienone is 2. The summed E-state index contributed by atoms with van der Waals surface area (Å²) in [6.07, 6.45) is 5.56. The SMILES string of the molecule is C=C/C(=C(\N=C/C)[C@H](C)OC)c1c2c3cc(ccc3n1CC)-c1csc(n1)C[C@H](N)C(=O)N1CCC[C@H](N1)C(=O)OCC(C)(C)C2. The van der Waals surface area contributed by atoms with E-state index in [2.05, 4.69) is 55.5 Å². The highest BCUT2D eigenvalue weighted by Crippen LogP contribution is 2.40. The number of aliphatic imine (C=N–C) groups is 1. The minimum absolute atomic E-state index is 0.201. The second-order valence-electron chi connectivity index (χ2n) is 12.8. The van der Waals surface area contributed by atoms with Crippen LogP contribution in [0.2, 0.25) is 0 Å². The molecule has 3 atom stereocenters. The molecule has 3 N–H and O–H groups in total. The van der Waals surface area contributed by atoms with E-state index >= 15 is 0 Å². The highest BCUT2D eigenvalue weighted by molar-refractivity contribution is 7.10. The van der Waals surface area contributed by atoms with Crippen molar-refractivity contribution < 1.29 is 19.1 Å². The lowest BCUT2D eigenvalue weighted by atomic mass is 9.84. The Labute approximate surface area is 275 Å². The minimum atomic E-state index is -0.784. The van der Waals surface area contributed by atoms with Crippen molar-refractivity contribution in [3.63, 3.8) is 0 Å². The van der Waals surface area contributed by atoms with E-state index in [0.29, 0.717) is 32.2 Å². The summed E-state index contributed by atoms with van der Waals surface area (Å²) in [5, 5.41) is 5.37. The van der Waals surface area contributed by atoms with Crippen LogP contribution < -0.4 is 11.2 Å². The maximum atomic E-state index is 13.3. The molecule has 246 valence electrons. The fourth-order valence-electron chi connectivity index (χ4n) is 6.39. The van der Waals surface area contributed by atoms with Gasteiger partial charge in [0.2, 0.25) is 0 Å². The van der Waals surface area contributed by atoms with Crippen LogP contribution in [0.5, 0.6) is 0 Å². The number of cyclic esters (lactones) is 1. The third-order valence-electron chi connectivity index (χ3n) is 8.78. The summed E-state index contributed by atoms with van der Waals surface area (Å²) in [4.78, 5) is 36.2. The van der Waals surface area contributed by atoms with Crippen molar-refractivity contribution in [1.29, 1.82) is 0 Å². The summed E-state index contributed by atoms with van der Waals surface area (Å²) in [5.41, 5.74) is 15.8. The van der Waals surface area contributed by atoms with Gasteiger partial charge >= 0.3 is 5.97 Å². The summed E-state index contributed by atoms with van der Waals surface area (Å²) in [6, 6.07) is 5.03. The Morgan fingerprint density at radius 1 is 1.37 bits per heavy atom. The molecule has 1 fully saturated rings. The Bertz CT molecular complexity index is 1690. The van der Waals surface area contributed by atoms with Crippen LogP contribution in [0, 0.1) is 5.41 Å². The molecule has 6 bridgehead atoms. The third-order valence-corrected chi connectivity index (χ3v) is 9.65. The molecule has 2 aliphatic rings. The maximum Gasteiger partial charge on any atom is 0.324 e. The van der Waals surface area contributed by atoms with Crippen LogP contribution in [0.25, 0.3) is 27.7 Å². The number of nitrogens with zero attached hydrogens (tertiary/aromatic N) is 4. The van der Waals surface area contributed by atoms with Crippen LogP contribution in [0.4, 0.5) is 0 Å². The van der Waals surface area contributed by atoms with E-state index in [4.69, 9.17) is 25.2 Å². The van der Waals surface area contributed by atoms with Gasteiger partial charge in [-0.2, -0.15) is 0 Å². The summed E-state index contributed by atoms with van der Waals surface area (Å²) in [5.74, 6) is -0.626. The number of hydrogen-bond donors (Lipinski definition) is 2. The molecule has 2 aromatic heterocycles. The Morgan fingerprint density at radius 3 is 2.85 bits per heavy atom. The van der Waals surface area contributed by atoms with Gasteiger partial charge in [0.05, 0.1) is 40.8 Å². The molecular weight excluding hydrogens is 600 g/mol. The predicted molar refractivity (Wildman–Crippen MR) is 184 cm³/mol. The van der Waals surface area contributed by atoms with E-state index in [9.17, 15) is 9.59 Å². The third kappa shape index (κ3) is 6.73. The number of aryl methyl sites for hydroxylation is 1. The van der Waals surface area contributed by atoms with Crippen molar-refractivity contribution in [2.45, 2.75) is 85.0 Å². The average Bonchev–Trinajstić information content (AvgIpc) is 3.64. The molecule has 0 aliphatic carbocycles. The first kappa shape index (κ1) is 33.7. The molecule has 11 heteroatoms. The molecule has 0 spiro atoms. The molecule has 0 saturated carbocycles. The van der Waals surface area contributed by atoms with Crippen molar-refractivity contribution in [3.8, 4) is 11.3 Å². The highest BCUT2D eigenvalue weighted by Gasteiger charge is 2.34. The zero-order valence-electron chi connectivity index (χ0n) is 27.8. The number of amides is 1. The fourth-order valence-corrected chi connectivity index (χ4v) is 7.25. The number of hydrazine groups is 1. The van der Waals surface area contributed by atoms with E-state index < -0.39 is 17.5 Å². The number of benzene rings is 1. The smallest absolute Gasteiger partial charge is 0.324 e. The molecule has 2 aliphatic heterocycles. The Hall–Kier alpha value is -3.64. The second kappa shape index (κ2) is 14.0. The first-order valence-corrected chi connectivity index (χ1v) is 16.9. The van der Waals surface area contributed by atoms with Gasteiger partial charge in [0, 0.05) is 65.7 Å². The monoisotopic (exact) mass is 646 g/mol. The van der Waals surface area contributed by atoms with E-state index in [1.54, 1.807) is 13.3 Å². The number of nitrogens with one attached hydrogen (secondary N) is 1. The second-order valence-corrected chi connectivity index (χ2v) is 13.7. The number of nitrogens with two attached hydrogens (primary N) is 1. The summed E-state index contributed by atoms with van der Waals surface area (Å²) >= 11 is 1.50. The first-order valence-electron chi connectivity index (χ1n) is 16.0. The summed E-state index contributed by atoms with van der Waals surface area (Å²) in [7, 11) is 1.68. The summed E-state index contributed by atoms with van der Waals surface area (Å²) < 4.78 is 14.0. The van der Waals surface area contributed by atoms with Gasteiger partial charge in [-0.25, -0.2) is 10.4 Å². The molecule has 4 heterocycles. The number of carbonyl (C=O) groups excluding carboxylic acids is 2. The summed E-state index contributed by atoms with van der Waals surface area (Å²) in [6.45, 7) is 15.9. The van der Waals surface area contributed by atoms with E-state index in [1.165, 1.54) is 16.3 Å². The Balaban J connectivity index is 1.73. The number of ether oxygens (including phenoxy) is 2. The van der Waals surface area contributed by atoms with Gasteiger partial charge in [-0.05, 0) is 57.7 Å². The lowest BCUT2D eigenvalue weighted by Crippen LogP contribution is -2.59. The van der Waals surface area contributed by atoms with E-state index in [1.807, 2.05) is 25.3 Å². The first-order chi connectivity index (χ1) is 22.0. The fraction of sp³-hybridized carbons (Fsp3) is 0.486. The quantitative estimate of drug-likeness (QED) is 0.212. The van der Waals surface area contributed by atoms with Gasteiger partial charge in [-0.1, -0.05) is 32.6 Å². The van der Waals surface area contributed by atoms with Crippen molar-refractivity contribution >= 4 is 45.9 Å². The largest absolute Gasteiger partial charge is 0.464 e. The van der Waals surface area contributed by atoms with Gasteiger partial charge in [0.15, 0.2) is 0 Å². The standard InChI is InChI=1S/C35H46N6O4S/c1-8-23(31(37-9-2)21(4)44-7)32-25-18-35(5,6)20-45-34(43)27-12-11-15-41(39-27)33(42)26(36)17-30-38-28(19-46-30)22-13-14-29(24(25)16-22)40(32)10-3/h8-9,13-14,16,19,21,26-27,39H,1,10-12,15,17-18,20,36H2,2-7H3/b31-23+,37-9-/t21-,26-,27-/m0/s1. The normalized spacial score (nSPS) is 22.0. The maximum absolute atomic E-state index is 13.3. The van der Waals surface area contributed by atoms with Crippen LogP contribution in [0.3, 0.4) is 0 Å². The lowest BCUT2D eigenvalue weighted by Gasteiger charge is -2.34. The number of thiazole rings is 1. The topological polar surface area (TPSA) is 124 Å². The number of carbonyl (C=O) groups is 2. The van der Waals surface area contributed by atoms with Crippen LogP contribution in [0.15, 0.2) is 46.9 Å². The van der Waals surface area contributed by atoms with Crippen molar-refractivity contribution in [1.82, 2.24) is 20.0 Å². The number of methoxy groups -OCH3 is 1. The molecule has 10 nitrogen and oxygen atoms in total. The highest BCUT2D eigenvalue weighted by atomic mass is 32.1. The lowest BCUT2D eigenvalue weighted by molar-refractivity contribution is -0.154. The van der Waals surface area contributed by atoms with Crippen molar-refractivity contribution in [3.05, 3.63) is 58.2 Å².